The molecule has 0 spiro atoms. The van der Waals surface area contributed by atoms with Gasteiger partial charge < -0.3 is 9.84 Å². The Hall–Kier alpha value is -1.09. The number of methoxy groups -OCH3 is 1. The molecule has 2 rings (SSSR count). The van der Waals surface area contributed by atoms with Crippen LogP contribution in [-0.2, 0) is 5.60 Å². The lowest BCUT2D eigenvalue weighted by atomic mass is 9.96. The molecule has 1 saturated carbocycles. The number of ether oxygens (including phenoxy) is 1. The first-order valence-electron chi connectivity index (χ1n) is 5.58. The molecule has 16 heavy (non-hydrogen) atoms. The summed E-state index contributed by atoms with van der Waals surface area (Å²) in [7, 11) is 1.43. The minimum atomic E-state index is -0.864. The first-order valence-corrected chi connectivity index (χ1v) is 5.58. The van der Waals surface area contributed by atoms with Crippen LogP contribution in [0.25, 0.3) is 0 Å². The van der Waals surface area contributed by atoms with Gasteiger partial charge in [-0.1, -0.05) is 13.8 Å². The minimum absolute atomic E-state index is 0.185. The third-order valence-corrected chi connectivity index (χ3v) is 3.16. The van der Waals surface area contributed by atoms with Gasteiger partial charge in [-0.15, -0.1) is 0 Å². The molecule has 0 aliphatic heterocycles. The molecule has 0 heterocycles. The maximum atomic E-state index is 13.8. The van der Waals surface area contributed by atoms with Gasteiger partial charge in [0.25, 0.3) is 0 Å². The summed E-state index contributed by atoms with van der Waals surface area (Å²) in [4.78, 5) is 0. The Labute approximate surface area is 95.1 Å². The van der Waals surface area contributed by atoms with Crippen LogP contribution in [0.1, 0.15) is 43.7 Å². The summed E-state index contributed by atoms with van der Waals surface area (Å²) in [6, 6.07) is 3.35. The molecule has 1 N–H and O–H groups in total. The van der Waals surface area contributed by atoms with Crippen molar-refractivity contribution in [1.29, 1.82) is 0 Å². The van der Waals surface area contributed by atoms with Gasteiger partial charge in [-0.3, -0.25) is 0 Å². The third kappa shape index (κ3) is 1.80. The number of halogens is 1. The van der Waals surface area contributed by atoms with Crippen LogP contribution in [0.4, 0.5) is 4.39 Å². The van der Waals surface area contributed by atoms with E-state index in [9.17, 15) is 9.50 Å². The number of hydrogen-bond donors (Lipinski definition) is 1. The van der Waals surface area contributed by atoms with E-state index in [0.717, 1.165) is 5.56 Å². The number of benzene rings is 1. The fourth-order valence-electron chi connectivity index (χ4n) is 1.89. The van der Waals surface area contributed by atoms with E-state index >= 15 is 0 Å². The zero-order valence-electron chi connectivity index (χ0n) is 9.88. The lowest BCUT2D eigenvalue weighted by Gasteiger charge is -2.17. The second-order valence-corrected chi connectivity index (χ2v) is 4.77. The van der Waals surface area contributed by atoms with Gasteiger partial charge >= 0.3 is 0 Å². The molecule has 0 aromatic heterocycles. The summed E-state index contributed by atoms with van der Waals surface area (Å²) in [5.41, 5.74) is 0.629. The van der Waals surface area contributed by atoms with Gasteiger partial charge in [0.2, 0.25) is 0 Å². The van der Waals surface area contributed by atoms with Crippen molar-refractivity contribution in [3.63, 3.8) is 0 Å². The van der Waals surface area contributed by atoms with Gasteiger partial charge in [0.15, 0.2) is 11.6 Å². The highest BCUT2D eigenvalue weighted by Gasteiger charge is 2.45. The molecule has 1 aliphatic rings. The van der Waals surface area contributed by atoms with Crippen LogP contribution in [0, 0.1) is 5.82 Å². The summed E-state index contributed by atoms with van der Waals surface area (Å²) in [6.07, 6.45) is 1.37. The van der Waals surface area contributed by atoms with Gasteiger partial charge in [0.1, 0.15) is 0 Å². The summed E-state index contributed by atoms with van der Waals surface area (Å²) < 4.78 is 18.8. The van der Waals surface area contributed by atoms with E-state index in [4.69, 9.17) is 4.74 Å². The average Bonchev–Trinajstić information content (AvgIpc) is 2.96. The van der Waals surface area contributed by atoms with Gasteiger partial charge in [-0.25, -0.2) is 4.39 Å². The zero-order chi connectivity index (χ0) is 11.9. The molecule has 1 fully saturated rings. The van der Waals surface area contributed by atoms with E-state index in [-0.39, 0.29) is 17.5 Å². The fourth-order valence-corrected chi connectivity index (χ4v) is 1.89. The molecule has 0 bridgehead atoms. The van der Waals surface area contributed by atoms with Gasteiger partial charge in [0, 0.05) is 5.56 Å². The van der Waals surface area contributed by atoms with Crippen molar-refractivity contribution < 1.29 is 14.2 Å². The van der Waals surface area contributed by atoms with E-state index in [2.05, 4.69) is 0 Å². The smallest absolute Gasteiger partial charge is 0.165 e. The van der Waals surface area contributed by atoms with Crippen LogP contribution < -0.4 is 4.74 Å². The molecule has 0 atom stereocenters. The summed E-state index contributed by atoms with van der Waals surface area (Å²) in [5.74, 6) is 0.0370. The number of aliphatic hydroxyl groups is 1. The second-order valence-electron chi connectivity index (χ2n) is 4.77. The van der Waals surface area contributed by atoms with Gasteiger partial charge in [0.05, 0.1) is 12.7 Å². The molecule has 0 saturated heterocycles. The summed E-state index contributed by atoms with van der Waals surface area (Å²) in [6.45, 7) is 4.00. The molecule has 0 unspecified atom stereocenters. The second kappa shape index (κ2) is 3.74. The summed E-state index contributed by atoms with van der Waals surface area (Å²) >= 11 is 0. The van der Waals surface area contributed by atoms with Crippen molar-refractivity contribution in [3.8, 4) is 5.75 Å². The Morgan fingerprint density at radius 3 is 2.44 bits per heavy atom. The highest BCUT2D eigenvalue weighted by atomic mass is 19.1. The third-order valence-electron chi connectivity index (χ3n) is 3.16. The van der Waals surface area contributed by atoms with Crippen molar-refractivity contribution in [2.24, 2.45) is 0 Å². The van der Waals surface area contributed by atoms with E-state index in [0.29, 0.717) is 18.4 Å². The Balaban J connectivity index is 2.55. The number of hydrogen-bond acceptors (Lipinski definition) is 2. The molecule has 1 aliphatic carbocycles. The zero-order valence-corrected chi connectivity index (χ0v) is 9.88. The molecular formula is C13H17FO2. The van der Waals surface area contributed by atoms with Crippen molar-refractivity contribution >= 4 is 0 Å². The van der Waals surface area contributed by atoms with E-state index < -0.39 is 5.60 Å². The van der Waals surface area contributed by atoms with Gasteiger partial charge in [-0.2, -0.15) is 0 Å². The predicted octanol–water partition coefficient (Wildman–Crippen LogP) is 2.94. The largest absolute Gasteiger partial charge is 0.493 e. The maximum absolute atomic E-state index is 13.8. The Kier molecular flexibility index (Phi) is 2.66. The fraction of sp³-hybridized carbons (Fsp3) is 0.538. The van der Waals surface area contributed by atoms with Crippen LogP contribution in [-0.4, -0.2) is 12.2 Å². The van der Waals surface area contributed by atoms with Crippen LogP contribution in [0.5, 0.6) is 5.75 Å². The Morgan fingerprint density at radius 1 is 1.38 bits per heavy atom. The van der Waals surface area contributed by atoms with Crippen molar-refractivity contribution in [2.45, 2.75) is 38.2 Å². The maximum Gasteiger partial charge on any atom is 0.165 e. The SMILES string of the molecule is COc1c(F)cc(C(C)C)cc1C1(O)CC1. The molecule has 1 aromatic carbocycles. The highest BCUT2D eigenvalue weighted by molar-refractivity contribution is 5.45. The lowest BCUT2D eigenvalue weighted by molar-refractivity contribution is 0.146. The topological polar surface area (TPSA) is 29.5 Å². The molecule has 3 heteroatoms. The van der Waals surface area contributed by atoms with Crippen molar-refractivity contribution in [2.75, 3.05) is 7.11 Å². The van der Waals surface area contributed by atoms with Crippen LogP contribution in [0.2, 0.25) is 0 Å². The van der Waals surface area contributed by atoms with Crippen LogP contribution in [0.3, 0.4) is 0 Å². The normalized spacial score (nSPS) is 17.6. The van der Waals surface area contributed by atoms with Crippen LogP contribution in [0.15, 0.2) is 12.1 Å². The first kappa shape index (κ1) is 11.4. The van der Waals surface area contributed by atoms with Gasteiger partial charge in [-0.05, 0) is 36.5 Å². The highest BCUT2D eigenvalue weighted by Crippen LogP contribution is 2.50. The molecule has 0 radical (unpaired) electrons. The average molecular weight is 224 g/mol. The minimum Gasteiger partial charge on any atom is -0.493 e. The van der Waals surface area contributed by atoms with Crippen molar-refractivity contribution in [3.05, 3.63) is 29.1 Å². The molecule has 0 amide bonds. The Bertz CT molecular complexity index is 409. The molecule has 2 nitrogen and oxygen atoms in total. The number of rotatable bonds is 3. The Morgan fingerprint density at radius 2 is 2.00 bits per heavy atom. The van der Waals surface area contributed by atoms with Crippen molar-refractivity contribution in [1.82, 2.24) is 0 Å². The van der Waals surface area contributed by atoms with E-state index in [1.165, 1.54) is 13.2 Å². The summed E-state index contributed by atoms with van der Waals surface area (Å²) in [5, 5.41) is 10.1. The first-order chi connectivity index (χ1) is 7.48. The standard InChI is InChI=1S/C13H17FO2/c1-8(2)9-6-10(13(15)4-5-13)12(16-3)11(14)7-9/h6-8,15H,4-5H2,1-3H3. The quantitative estimate of drug-likeness (QED) is 0.855. The van der Waals surface area contributed by atoms with E-state index in [1.54, 1.807) is 0 Å². The molecular weight excluding hydrogens is 207 g/mol. The van der Waals surface area contributed by atoms with E-state index in [1.807, 2.05) is 19.9 Å². The predicted molar refractivity (Wildman–Crippen MR) is 60.2 cm³/mol. The molecule has 88 valence electrons. The lowest BCUT2D eigenvalue weighted by Crippen LogP contribution is -2.09. The molecule has 1 aromatic rings. The van der Waals surface area contributed by atoms with Crippen LogP contribution >= 0.6 is 0 Å². The monoisotopic (exact) mass is 224 g/mol.